The highest BCUT2D eigenvalue weighted by molar-refractivity contribution is 7.18. The maximum absolute atomic E-state index is 11.4. The molecule has 2 heterocycles. The van der Waals surface area contributed by atoms with E-state index in [0.717, 1.165) is 25.8 Å². The number of nitro groups is 1. The first-order valence-corrected chi connectivity index (χ1v) is 6.92. The molecule has 0 aromatic carbocycles. The van der Waals surface area contributed by atoms with Gasteiger partial charge in [-0.1, -0.05) is 6.92 Å². The molecular weight excluding hydrogens is 252 g/mol. The third kappa shape index (κ3) is 2.25. The normalized spacial score (nSPS) is 19.2. The monoisotopic (exact) mass is 268 g/mol. The van der Waals surface area contributed by atoms with Gasteiger partial charge in [-0.05, 0) is 26.2 Å². The Balaban J connectivity index is 2.42. The van der Waals surface area contributed by atoms with Crippen LogP contribution in [0.4, 0.5) is 10.7 Å². The molecule has 0 saturated carbocycles. The van der Waals surface area contributed by atoms with Crippen molar-refractivity contribution in [2.45, 2.75) is 39.2 Å². The summed E-state index contributed by atoms with van der Waals surface area (Å²) in [5, 5.41) is 11.7. The lowest BCUT2D eigenvalue weighted by molar-refractivity contribution is -0.383. The van der Waals surface area contributed by atoms with E-state index in [-0.39, 0.29) is 16.4 Å². The van der Waals surface area contributed by atoms with Gasteiger partial charge in [0, 0.05) is 18.7 Å². The standard InChI is InChI=1S/C12H16N2O3S/c1-3-9-5-4-6-13(9)12-10(14(16)17)7-11(18-12)8(2)15/h7,9H,3-6H2,1-2H3. The Kier molecular flexibility index (Phi) is 3.65. The first-order chi connectivity index (χ1) is 8.54. The summed E-state index contributed by atoms with van der Waals surface area (Å²) >= 11 is 1.25. The van der Waals surface area contributed by atoms with E-state index in [1.54, 1.807) is 0 Å². The molecule has 18 heavy (non-hydrogen) atoms. The van der Waals surface area contributed by atoms with Crippen molar-refractivity contribution < 1.29 is 9.72 Å². The van der Waals surface area contributed by atoms with Crippen LogP contribution in [-0.4, -0.2) is 23.3 Å². The van der Waals surface area contributed by atoms with Gasteiger partial charge in [0.2, 0.25) is 0 Å². The Morgan fingerprint density at radius 3 is 2.94 bits per heavy atom. The fourth-order valence-corrected chi connectivity index (χ4v) is 3.53. The predicted molar refractivity (Wildman–Crippen MR) is 71.6 cm³/mol. The zero-order valence-electron chi connectivity index (χ0n) is 10.5. The molecule has 6 heteroatoms. The Morgan fingerprint density at radius 2 is 2.39 bits per heavy atom. The quantitative estimate of drug-likeness (QED) is 0.478. The number of hydrogen-bond donors (Lipinski definition) is 0. The predicted octanol–water partition coefficient (Wildman–Crippen LogP) is 3.24. The first kappa shape index (κ1) is 13.0. The van der Waals surface area contributed by atoms with Crippen LogP contribution in [0.25, 0.3) is 0 Å². The molecule has 0 spiro atoms. The van der Waals surface area contributed by atoms with Crippen LogP contribution in [0.5, 0.6) is 0 Å². The molecule has 1 atom stereocenters. The molecule has 0 N–H and O–H groups in total. The van der Waals surface area contributed by atoms with Crippen LogP contribution in [0.1, 0.15) is 42.8 Å². The van der Waals surface area contributed by atoms with Crippen molar-refractivity contribution in [2.24, 2.45) is 0 Å². The maximum Gasteiger partial charge on any atom is 0.304 e. The van der Waals surface area contributed by atoms with E-state index in [4.69, 9.17) is 0 Å². The van der Waals surface area contributed by atoms with Crippen molar-refractivity contribution >= 4 is 27.8 Å². The average Bonchev–Trinajstić information content (AvgIpc) is 2.94. The smallest absolute Gasteiger partial charge is 0.304 e. The summed E-state index contributed by atoms with van der Waals surface area (Å²) in [6.07, 6.45) is 3.11. The molecule has 98 valence electrons. The number of carbonyl (C=O) groups is 1. The van der Waals surface area contributed by atoms with Gasteiger partial charge in [-0.2, -0.15) is 0 Å². The molecule has 1 saturated heterocycles. The summed E-state index contributed by atoms with van der Waals surface area (Å²) < 4.78 is 0. The van der Waals surface area contributed by atoms with E-state index < -0.39 is 0 Å². The molecule has 0 aliphatic carbocycles. The van der Waals surface area contributed by atoms with Gasteiger partial charge in [-0.3, -0.25) is 14.9 Å². The summed E-state index contributed by atoms with van der Waals surface area (Å²) in [6, 6.07) is 1.77. The van der Waals surface area contributed by atoms with Crippen molar-refractivity contribution in [3.05, 3.63) is 21.1 Å². The molecule has 1 unspecified atom stereocenters. The highest BCUT2D eigenvalue weighted by atomic mass is 32.1. The van der Waals surface area contributed by atoms with Gasteiger partial charge < -0.3 is 4.90 Å². The number of nitrogens with zero attached hydrogens (tertiary/aromatic N) is 2. The molecule has 0 bridgehead atoms. The van der Waals surface area contributed by atoms with Crippen LogP contribution in [0, 0.1) is 10.1 Å². The first-order valence-electron chi connectivity index (χ1n) is 6.10. The summed E-state index contributed by atoms with van der Waals surface area (Å²) in [7, 11) is 0. The SMILES string of the molecule is CCC1CCCN1c1sc(C(C)=O)cc1[N+](=O)[O-]. The highest BCUT2D eigenvalue weighted by Gasteiger charge is 2.31. The van der Waals surface area contributed by atoms with Crippen LogP contribution < -0.4 is 4.90 Å². The number of Topliss-reactive ketones (excluding diaryl/α,β-unsaturated/α-hetero) is 1. The van der Waals surface area contributed by atoms with Crippen molar-refractivity contribution in [3.63, 3.8) is 0 Å². The van der Waals surface area contributed by atoms with Crippen LogP contribution in [0.2, 0.25) is 0 Å². The zero-order valence-corrected chi connectivity index (χ0v) is 11.3. The topological polar surface area (TPSA) is 63.5 Å². The lowest BCUT2D eigenvalue weighted by Crippen LogP contribution is -2.28. The van der Waals surface area contributed by atoms with E-state index in [2.05, 4.69) is 11.8 Å². The van der Waals surface area contributed by atoms with Crippen molar-refractivity contribution in [1.29, 1.82) is 0 Å². The average molecular weight is 268 g/mol. The van der Waals surface area contributed by atoms with Gasteiger partial charge in [-0.25, -0.2) is 0 Å². The van der Waals surface area contributed by atoms with Crippen molar-refractivity contribution in [3.8, 4) is 0 Å². The molecule has 0 radical (unpaired) electrons. The number of thiophene rings is 1. The van der Waals surface area contributed by atoms with E-state index in [1.165, 1.54) is 24.3 Å². The summed E-state index contributed by atoms with van der Waals surface area (Å²) in [5.41, 5.74) is 0.0746. The highest BCUT2D eigenvalue weighted by Crippen LogP contribution is 2.41. The fourth-order valence-electron chi connectivity index (χ4n) is 2.41. The third-order valence-corrected chi connectivity index (χ3v) is 4.61. The minimum absolute atomic E-state index is 0.0746. The molecule has 2 rings (SSSR count). The molecule has 1 aromatic heterocycles. The molecule has 1 fully saturated rings. The number of anilines is 1. The second kappa shape index (κ2) is 5.06. The minimum Gasteiger partial charge on any atom is -0.355 e. The van der Waals surface area contributed by atoms with Crippen LogP contribution >= 0.6 is 11.3 Å². The van der Waals surface area contributed by atoms with Gasteiger partial charge in [0.25, 0.3) is 0 Å². The number of carbonyl (C=O) groups excluding carboxylic acids is 1. The number of ketones is 1. The van der Waals surface area contributed by atoms with Gasteiger partial charge >= 0.3 is 5.69 Å². The van der Waals surface area contributed by atoms with Crippen molar-refractivity contribution in [2.75, 3.05) is 11.4 Å². The third-order valence-electron chi connectivity index (χ3n) is 3.35. The Labute approximate surface area is 110 Å². The number of rotatable bonds is 4. The maximum atomic E-state index is 11.4. The Hall–Kier alpha value is -1.43. The summed E-state index contributed by atoms with van der Waals surface area (Å²) in [5.74, 6) is -0.110. The van der Waals surface area contributed by atoms with Crippen LogP contribution in [-0.2, 0) is 0 Å². The second-order valence-electron chi connectivity index (χ2n) is 4.51. The van der Waals surface area contributed by atoms with Crippen molar-refractivity contribution in [1.82, 2.24) is 0 Å². The van der Waals surface area contributed by atoms with E-state index in [1.807, 2.05) is 0 Å². The fraction of sp³-hybridized carbons (Fsp3) is 0.583. The largest absolute Gasteiger partial charge is 0.355 e. The minimum atomic E-state index is -0.386. The molecule has 0 amide bonds. The molecular formula is C12H16N2O3S. The lowest BCUT2D eigenvalue weighted by Gasteiger charge is -2.23. The van der Waals surface area contributed by atoms with Gasteiger partial charge in [0.15, 0.2) is 10.8 Å². The van der Waals surface area contributed by atoms with Crippen LogP contribution in [0.3, 0.4) is 0 Å². The molecule has 1 aromatic rings. The van der Waals surface area contributed by atoms with Gasteiger partial charge in [0.05, 0.1) is 9.80 Å². The second-order valence-corrected chi connectivity index (χ2v) is 5.54. The zero-order chi connectivity index (χ0) is 13.3. The van der Waals surface area contributed by atoms with E-state index >= 15 is 0 Å². The lowest BCUT2D eigenvalue weighted by atomic mass is 10.2. The van der Waals surface area contributed by atoms with E-state index in [9.17, 15) is 14.9 Å². The van der Waals surface area contributed by atoms with Gasteiger partial charge in [0.1, 0.15) is 0 Å². The van der Waals surface area contributed by atoms with E-state index in [0.29, 0.717) is 15.9 Å². The number of hydrogen-bond acceptors (Lipinski definition) is 5. The van der Waals surface area contributed by atoms with Crippen LogP contribution in [0.15, 0.2) is 6.07 Å². The summed E-state index contributed by atoms with van der Waals surface area (Å²) in [6.45, 7) is 4.38. The Morgan fingerprint density at radius 1 is 1.67 bits per heavy atom. The Bertz CT molecular complexity index is 484. The molecule has 5 nitrogen and oxygen atoms in total. The molecule has 1 aliphatic rings. The summed E-state index contributed by atoms with van der Waals surface area (Å²) in [4.78, 5) is 24.6. The molecule has 1 aliphatic heterocycles. The van der Waals surface area contributed by atoms with Gasteiger partial charge in [-0.15, -0.1) is 11.3 Å².